The first-order valence-electron chi connectivity index (χ1n) is 7.30. The van der Waals surface area contributed by atoms with Crippen LogP contribution in [0.1, 0.15) is 38.5 Å². The Morgan fingerprint density at radius 3 is 2.11 bits per heavy atom. The average molecular weight is 268 g/mol. The maximum absolute atomic E-state index is 12.4. The van der Waals surface area contributed by atoms with Gasteiger partial charge in [0.2, 0.25) is 5.91 Å². The fraction of sp³-hybridized carbons (Fsp3) is 0.857. The molecule has 0 spiro atoms. The number of hydrogen-bond acceptors (Lipinski definition) is 3. The van der Waals surface area contributed by atoms with Gasteiger partial charge in [-0.05, 0) is 56.9 Å². The highest BCUT2D eigenvalue weighted by Gasteiger charge is 2.33. The molecule has 1 amide bonds. The van der Waals surface area contributed by atoms with Crippen molar-refractivity contribution in [3.63, 3.8) is 0 Å². The van der Waals surface area contributed by atoms with Crippen LogP contribution in [0.3, 0.4) is 0 Å². The molecule has 0 aromatic rings. The van der Waals surface area contributed by atoms with Gasteiger partial charge in [0.05, 0.1) is 0 Å². The van der Waals surface area contributed by atoms with Crippen LogP contribution in [0, 0.1) is 17.8 Å². The summed E-state index contributed by atoms with van der Waals surface area (Å²) in [6.45, 7) is 1.18. The van der Waals surface area contributed by atoms with E-state index in [1.165, 1.54) is 0 Å². The fourth-order valence-electron chi connectivity index (χ4n) is 2.91. The quantitative estimate of drug-likeness (QED) is 0.755. The van der Waals surface area contributed by atoms with E-state index in [-0.39, 0.29) is 18.4 Å². The largest absolute Gasteiger partial charge is 0.480 e. The summed E-state index contributed by atoms with van der Waals surface area (Å²) >= 11 is 0. The van der Waals surface area contributed by atoms with Gasteiger partial charge in [-0.1, -0.05) is 0 Å². The number of carboxylic acids is 1. The van der Waals surface area contributed by atoms with E-state index in [1.54, 1.807) is 4.90 Å². The highest BCUT2D eigenvalue weighted by molar-refractivity contribution is 5.83. The summed E-state index contributed by atoms with van der Waals surface area (Å²) in [4.78, 5) is 24.9. The van der Waals surface area contributed by atoms with E-state index in [1.807, 2.05) is 0 Å². The molecular formula is C14H24N2O3. The zero-order valence-corrected chi connectivity index (χ0v) is 11.4. The standard InChI is InChI=1S/C14H24N2O3/c15-7-10-3-5-12(6-4-10)14(19)16(9-13(17)18)8-11-1-2-11/h10-12H,1-9,15H2,(H,17,18). The van der Waals surface area contributed by atoms with Crippen LogP contribution in [0.2, 0.25) is 0 Å². The van der Waals surface area contributed by atoms with Gasteiger partial charge >= 0.3 is 5.97 Å². The van der Waals surface area contributed by atoms with Crippen LogP contribution in [-0.2, 0) is 9.59 Å². The number of aliphatic carboxylic acids is 1. The van der Waals surface area contributed by atoms with Crippen molar-refractivity contribution in [2.24, 2.45) is 23.5 Å². The smallest absolute Gasteiger partial charge is 0.323 e. The minimum atomic E-state index is -0.912. The van der Waals surface area contributed by atoms with Gasteiger partial charge in [-0.25, -0.2) is 0 Å². The lowest BCUT2D eigenvalue weighted by Gasteiger charge is -2.31. The van der Waals surface area contributed by atoms with Gasteiger partial charge < -0.3 is 15.7 Å². The summed E-state index contributed by atoms with van der Waals surface area (Å²) in [5.41, 5.74) is 5.65. The van der Waals surface area contributed by atoms with Gasteiger partial charge in [0, 0.05) is 12.5 Å². The van der Waals surface area contributed by atoms with Crippen molar-refractivity contribution in [3.8, 4) is 0 Å². The molecule has 2 rings (SSSR count). The third kappa shape index (κ3) is 4.20. The van der Waals surface area contributed by atoms with Crippen LogP contribution in [0.15, 0.2) is 0 Å². The molecule has 0 saturated heterocycles. The average Bonchev–Trinajstić information content (AvgIpc) is 3.21. The Labute approximate surface area is 114 Å². The van der Waals surface area contributed by atoms with E-state index in [2.05, 4.69) is 0 Å². The number of amides is 1. The molecule has 108 valence electrons. The summed E-state index contributed by atoms with van der Waals surface area (Å²) < 4.78 is 0. The van der Waals surface area contributed by atoms with Gasteiger partial charge in [-0.2, -0.15) is 0 Å². The van der Waals surface area contributed by atoms with Crippen molar-refractivity contribution in [3.05, 3.63) is 0 Å². The third-order valence-corrected chi connectivity index (χ3v) is 4.34. The van der Waals surface area contributed by atoms with Crippen LogP contribution >= 0.6 is 0 Å². The molecule has 0 aliphatic heterocycles. The molecule has 0 radical (unpaired) electrons. The van der Waals surface area contributed by atoms with Crippen LogP contribution in [-0.4, -0.2) is 41.5 Å². The normalized spacial score (nSPS) is 27.0. The predicted octanol–water partition coefficient (Wildman–Crippen LogP) is 1.07. The molecule has 2 aliphatic carbocycles. The number of carboxylic acid groups (broad SMARTS) is 1. The van der Waals surface area contributed by atoms with Gasteiger partial charge in [0.25, 0.3) is 0 Å². The summed E-state index contributed by atoms with van der Waals surface area (Å²) in [6.07, 6.45) is 5.98. The van der Waals surface area contributed by atoms with E-state index >= 15 is 0 Å². The van der Waals surface area contributed by atoms with Crippen molar-refractivity contribution >= 4 is 11.9 Å². The monoisotopic (exact) mass is 268 g/mol. The lowest BCUT2D eigenvalue weighted by atomic mass is 9.81. The topological polar surface area (TPSA) is 83.6 Å². The van der Waals surface area contributed by atoms with Crippen LogP contribution in [0.25, 0.3) is 0 Å². The highest BCUT2D eigenvalue weighted by atomic mass is 16.4. The highest BCUT2D eigenvalue weighted by Crippen LogP contribution is 2.33. The zero-order valence-electron chi connectivity index (χ0n) is 11.4. The molecular weight excluding hydrogens is 244 g/mol. The molecule has 0 aromatic carbocycles. The first-order valence-corrected chi connectivity index (χ1v) is 7.30. The van der Waals surface area contributed by atoms with E-state index in [9.17, 15) is 9.59 Å². The van der Waals surface area contributed by atoms with Crippen molar-refractivity contribution in [1.82, 2.24) is 4.90 Å². The van der Waals surface area contributed by atoms with Gasteiger partial charge in [-0.15, -0.1) is 0 Å². The lowest BCUT2D eigenvalue weighted by molar-refractivity contribution is -0.147. The van der Waals surface area contributed by atoms with E-state index < -0.39 is 5.97 Å². The van der Waals surface area contributed by atoms with Crippen LogP contribution in [0.5, 0.6) is 0 Å². The minimum absolute atomic E-state index is 0.0147. The van der Waals surface area contributed by atoms with Crippen molar-refractivity contribution in [1.29, 1.82) is 0 Å². The number of rotatable bonds is 6. The molecule has 0 unspecified atom stereocenters. The van der Waals surface area contributed by atoms with Crippen molar-refractivity contribution in [2.45, 2.75) is 38.5 Å². The van der Waals surface area contributed by atoms with Gasteiger partial charge in [-0.3, -0.25) is 9.59 Å². The first-order chi connectivity index (χ1) is 9.10. The molecule has 5 nitrogen and oxygen atoms in total. The Bertz CT molecular complexity index is 334. The third-order valence-electron chi connectivity index (χ3n) is 4.34. The van der Waals surface area contributed by atoms with Gasteiger partial charge in [0.15, 0.2) is 0 Å². The number of carbonyl (C=O) groups is 2. The minimum Gasteiger partial charge on any atom is -0.480 e. The number of nitrogens with zero attached hydrogens (tertiary/aromatic N) is 1. The molecule has 2 aliphatic rings. The van der Waals surface area contributed by atoms with E-state index in [4.69, 9.17) is 10.8 Å². The molecule has 2 fully saturated rings. The maximum Gasteiger partial charge on any atom is 0.323 e. The summed E-state index contributed by atoms with van der Waals surface area (Å²) in [5.74, 6) is 0.222. The number of carbonyl (C=O) groups excluding carboxylic acids is 1. The summed E-state index contributed by atoms with van der Waals surface area (Å²) in [6, 6.07) is 0. The second-order valence-electron chi connectivity index (χ2n) is 6.01. The lowest BCUT2D eigenvalue weighted by Crippen LogP contribution is -2.42. The summed E-state index contributed by atoms with van der Waals surface area (Å²) in [5, 5.41) is 8.93. The molecule has 0 aromatic heterocycles. The molecule has 3 N–H and O–H groups in total. The first kappa shape index (κ1) is 14.3. The van der Waals surface area contributed by atoms with Crippen molar-refractivity contribution in [2.75, 3.05) is 19.6 Å². The van der Waals surface area contributed by atoms with Crippen molar-refractivity contribution < 1.29 is 14.7 Å². The Morgan fingerprint density at radius 2 is 1.63 bits per heavy atom. The van der Waals surface area contributed by atoms with E-state index in [0.29, 0.717) is 24.9 Å². The molecule has 19 heavy (non-hydrogen) atoms. The second-order valence-corrected chi connectivity index (χ2v) is 6.01. The van der Waals surface area contributed by atoms with Crippen LogP contribution < -0.4 is 5.73 Å². The Balaban J connectivity index is 1.88. The molecule has 0 atom stereocenters. The maximum atomic E-state index is 12.4. The second kappa shape index (κ2) is 6.37. The van der Waals surface area contributed by atoms with Gasteiger partial charge in [0.1, 0.15) is 6.54 Å². The Morgan fingerprint density at radius 1 is 1.05 bits per heavy atom. The zero-order chi connectivity index (χ0) is 13.8. The number of nitrogens with two attached hydrogens (primary N) is 1. The van der Waals surface area contributed by atoms with Crippen LogP contribution in [0.4, 0.5) is 0 Å². The predicted molar refractivity (Wildman–Crippen MR) is 71.4 cm³/mol. The SMILES string of the molecule is NCC1CCC(C(=O)N(CC(=O)O)CC2CC2)CC1. The molecule has 2 saturated carbocycles. The molecule has 5 heteroatoms. The molecule has 0 bridgehead atoms. The Kier molecular flexibility index (Phi) is 4.80. The van der Waals surface area contributed by atoms with E-state index in [0.717, 1.165) is 38.5 Å². The molecule has 0 heterocycles. The number of hydrogen-bond donors (Lipinski definition) is 2. The Hall–Kier alpha value is -1.10. The summed E-state index contributed by atoms with van der Waals surface area (Å²) in [7, 11) is 0. The fourth-order valence-corrected chi connectivity index (χ4v) is 2.91.